The predicted molar refractivity (Wildman–Crippen MR) is 99.3 cm³/mol. The SMILES string of the molecule is C=CCCc1ccc(-c2cc(F)c3c(F)c(OCC(F)(F)F)c(F)cc3c2)c(F)c1. The highest BCUT2D eigenvalue weighted by atomic mass is 19.4. The van der Waals surface area contributed by atoms with Gasteiger partial charge < -0.3 is 4.74 Å². The van der Waals surface area contributed by atoms with Gasteiger partial charge >= 0.3 is 6.18 Å². The van der Waals surface area contributed by atoms with E-state index in [2.05, 4.69) is 11.3 Å². The number of allylic oxidation sites excluding steroid dienone is 1. The maximum Gasteiger partial charge on any atom is 0.422 e. The third kappa shape index (κ3) is 4.58. The van der Waals surface area contributed by atoms with Crippen LogP contribution in [0.4, 0.5) is 30.7 Å². The molecule has 0 aliphatic rings. The summed E-state index contributed by atoms with van der Waals surface area (Å²) in [6.45, 7) is 1.65. The second-order valence-corrected chi connectivity index (χ2v) is 6.60. The van der Waals surface area contributed by atoms with Crippen molar-refractivity contribution in [3.63, 3.8) is 0 Å². The van der Waals surface area contributed by atoms with Crippen LogP contribution in [0.5, 0.6) is 5.75 Å². The zero-order valence-corrected chi connectivity index (χ0v) is 15.4. The van der Waals surface area contributed by atoms with Crippen LogP contribution < -0.4 is 4.74 Å². The quantitative estimate of drug-likeness (QED) is 0.300. The van der Waals surface area contributed by atoms with Crippen molar-refractivity contribution >= 4 is 10.8 Å². The van der Waals surface area contributed by atoms with Crippen LogP contribution in [0.1, 0.15) is 12.0 Å². The van der Waals surface area contributed by atoms with Gasteiger partial charge in [0.15, 0.2) is 24.0 Å². The summed E-state index contributed by atoms with van der Waals surface area (Å²) < 4.78 is 98.8. The number of hydrogen-bond acceptors (Lipinski definition) is 1. The summed E-state index contributed by atoms with van der Waals surface area (Å²) in [6, 6.07) is 6.96. The van der Waals surface area contributed by atoms with Crippen LogP contribution in [0.2, 0.25) is 0 Å². The van der Waals surface area contributed by atoms with Crippen LogP contribution in [0.25, 0.3) is 21.9 Å². The molecule has 0 aromatic heterocycles. The van der Waals surface area contributed by atoms with Crippen molar-refractivity contribution in [3.8, 4) is 16.9 Å². The predicted octanol–water partition coefficient (Wildman–Crippen LogP) is 7.12. The maximum atomic E-state index is 14.6. The van der Waals surface area contributed by atoms with Crippen LogP contribution in [0.15, 0.2) is 49.1 Å². The molecule has 3 aromatic carbocycles. The van der Waals surface area contributed by atoms with Crippen molar-refractivity contribution in [3.05, 3.63) is 77.9 Å². The fourth-order valence-electron chi connectivity index (χ4n) is 3.05. The van der Waals surface area contributed by atoms with Gasteiger partial charge in [0.2, 0.25) is 0 Å². The van der Waals surface area contributed by atoms with Gasteiger partial charge in [0.25, 0.3) is 0 Å². The van der Waals surface area contributed by atoms with Gasteiger partial charge in [-0.15, -0.1) is 6.58 Å². The summed E-state index contributed by atoms with van der Waals surface area (Å²) in [5.41, 5.74) is 0.729. The second-order valence-electron chi connectivity index (χ2n) is 6.60. The minimum absolute atomic E-state index is 0.0105. The van der Waals surface area contributed by atoms with E-state index in [0.29, 0.717) is 24.5 Å². The molecule has 1 nitrogen and oxygen atoms in total. The van der Waals surface area contributed by atoms with Crippen LogP contribution in [0.3, 0.4) is 0 Å². The summed E-state index contributed by atoms with van der Waals surface area (Å²) in [5.74, 6) is -6.20. The van der Waals surface area contributed by atoms with Crippen molar-refractivity contribution in [1.82, 2.24) is 0 Å². The summed E-state index contributed by atoms with van der Waals surface area (Å²) in [4.78, 5) is 0. The van der Waals surface area contributed by atoms with Crippen molar-refractivity contribution in [2.24, 2.45) is 0 Å². The molecule has 8 heteroatoms. The van der Waals surface area contributed by atoms with E-state index in [9.17, 15) is 30.7 Å². The molecule has 0 aliphatic heterocycles. The molecule has 0 spiro atoms. The van der Waals surface area contributed by atoms with Crippen LogP contribution in [-0.2, 0) is 6.42 Å². The van der Waals surface area contributed by atoms with Gasteiger partial charge in [-0.05, 0) is 53.6 Å². The Bertz CT molecular complexity index is 1100. The molecule has 0 saturated carbocycles. The van der Waals surface area contributed by atoms with Crippen molar-refractivity contribution in [1.29, 1.82) is 0 Å². The van der Waals surface area contributed by atoms with Crippen molar-refractivity contribution in [2.75, 3.05) is 6.61 Å². The standard InChI is InChI=1S/C22H15F7O/c1-2-3-4-12-5-6-15(16(23)7-12)13-8-14-10-18(25)21(30-11-22(27,28)29)20(26)19(14)17(24)9-13/h2,5-10H,1,3-4,11H2. The first-order valence-corrected chi connectivity index (χ1v) is 8.81. The molecule has 158 valence electrons. The lowest BCUT2D eigenvalue weighted by molar-refractivity contribution is -0.154. The molecule has 0 saturated heterocycles. The lowest BCUT2D eigenvalue weighted by Gasteiger charge is -2.14. The third-order valence-corrected chi connectivity index (χ3v) is 4.40. The monoisotopic (exact) mass is 428 g/mol. The summed E-state index contributed by atoms with van der Waals surface area (Å²) in [6.07, 6.45) is -1.95. The van der Waals surface area contributed by atoms with Crippen molar-refractivity contribution in [2.45, 2.75) is 19.0 Å². The fraction of sp³-hybridized carbons (Fsp3) is 0.182. The van der Waals surface area contributed by atoms with E-state index in [0.717, 1.165) is 12.1 Å². The number of fused-ring (bicyclic) bond motifs is 1. The van der Waals surface area contributed by atoms with Gasteiger partial charge in [-0.2, -0.15) is 13.2 Å². The fourth-order valence-corrected chi connectivity index (χ4v) is 3.05. The minimum Gasteiger partial charge on any atom is -0.478 e. The maximum absolute atomic E-state index is 14.6. The normalized spacial score (nSPS) is 11.7. The highest BCUT2D eigenvalue weighted by Gasteiger charge is 2.30. The number of halogens is 7. The Morgan fingerprint density at radius 3 is 2.27 bits per heavy atom. The van der Waals surface area contributed by atoms with E-state index < -0.39 is 47.2 Å². The van der Waals surface area contributed by atoms with Crippen molar-refractivity contribution < 1.29 is 35.5 Å². The number of aryl methyl sites for hydroxylation is 1. The number of rotatable bonds is 6. The molecule has 0 unspecified atom stereocenters. The van der Waals surface area contributed by atoms with E-state index in [1.807, 2.05) is 0 Å². The average molecular weight is 428 g/mol. The lowest BCUT2D eigenvalue weighted by atomic mass is 9.98. The van der Waals surface area contributed by atoms with Crippen LogP contribution in [0, 0.1) is 23.3 Å². The number of hydrogen-bond donors (Lipinski definition) is 0. The molecule has 0 bridgehead atoms. The molecule has 0 atom stereocenters. The second kappa shape index (κ2) is 8.38. The van der Waals surface area contributed by atoms with Gasteiger partial charge in [-0.1, -0.05) is 18.2 Å². The van der Waals surface area contributed by atoms with E-state index in [4.69, 9.17) is 0 Å². The minimum atomic E-state index is -4.83. The number of benzene rings is 3. The molecule has 0 heterocycles. The first kappa shape index (κ1) is 21.7. The van der Waals surface area contributed by atoms with E-state index in [1.165, 1.54) is 12.1 Å². The Labute approximate surface area is 167 Å². The van der Waals surface area contributed by atoms with E-state index in [1.54, 1.807) is 12.1 Å². The van der Waals surface area contributed by atoms with Crippen LogP contribution >= 0.6 is 0 Å². The average Bonchev–Trinajstić information content (AvgIpc) is 2.64. The zero-order valence-electron chi connectivity index (χ0n) is 15.4. The third-order valence-electron chi connectivity index (χ3n) is 4.40. The molecule has 0 radical (unpaired) electrons. The molecule has 3 rings (SSSR count). The van der Waals surface area contributed by atoms with E-state index >= 15 is 0 Å². The van der Waals surface area contributed by atoms with E-state index in [-0.39, 0.29) is 16.5 Å². The summed E-state index contributed by atoms with van der Waals surface area (Å²) in [7, 11) is 0. The summed E-state index contributed by atoms with van der Waals surface area (Å²) >= 11 is 0. The molecular formula is C22H15F7O. The van der Waals surface area contributed by atoms with Gasteiger partial charge in [-0.25, -0.2) is 17.6 Å². The van der Waals surface area contributed by atoms with Gasteiger partial charge in [0, 0.05) is 5.56 Å². The Hall–Kier alpha value is -3.03. The molecule has 0 amide bonds. The first-order chi connectivity index (χ1) is 14.1. The highest BCUT2D eigenvalue weighted by Crippen LogP contribution is 2.36. The Morgan fingerprint density at radius 2 is 1.63 bits per heavy atom. The van der Waals surface area contributed by atoms with Crippen LogP contribution in [-0.4, -0.2) is 12.8 Å². The smallest absolute Gasteiger partial charge is 0.422 e. The van der Waals surface area contributed by atoms with Gasteiger partial charge in [-0.3, -0.25) is 0 Å². The Kier molecular flexibility index (Phi) is 6.05. The zero-order chi connectivity index (χ0) is 22.1. The molecule has 0 fully saturated rings. The molecule has 3 aromatic rings. The van der Waals surface area contributed by atoms with Gasteiger partial charge in [0.05, 0.1) is 5.39 Å². The Balaban J connectivity index is 2.05. The topological polar surface area (TPSA) is 9.23 Å². The summed E-state index contributed by atoms with van der Waals surface area (Å²) in [5, 5.41) is -1.03. The first-order valence-electron chi connectivity index (χ1n) is 8.81. The largest absolute Gasteiger partial charge is 0.478 e. The lowest BCUT2D eigenvalue weighted by Crippen LogP contribution is -2.20. The molecule has 0 aliphatic carbocycles. The molecular weight excluding hydrogens is 413 g/mol. The Morgan fingerprint density at radius 1 is 0.900 bits per heavy atom. The highest BCUT2D eigenvalue weighted by molar-refractivity contribution is 5.90. The molecule has 30 heavy (non-hydrogen) atoms. The number of alkyl halides is 3. The number of ether oxygens (including phenoxy) is 1. The molecule has 0 N–H and O–H groups in total. The van der Waals surface area contributed by atoms with Gasteiger partial charge in [0.1, 0.15) is 11.6 Å².